The van der Waals surface area contributed by atoms with Crippen molar-refractivity contribution in [3.63, 3.8) is 0 Å². The number of anilines is 1. The van der Waals surface area contributed by atoms with E-state index in [9.17, 15) is 14.9 Å². The number of carbonyl (C=O) groups is 1. The molecule has 1 amide bonds. The molecule has 0 aliphatic carbocycles. The van der Waals surface area contributed by atoms with Gasteiger partial charge in [0.15, 0.2) is 0 Å². The minimum absolute atomic E-state index is 0.0236. The van der Waals surface area contributed by atoms with Crippen molar-refractivity contribution in [3.8, 4) is 0 Å². The fourth-order valence-corrected chi connectivity index (χ4v) is 3.85. The standard InChI is InChI=1S/C17H24N4O3S2/c1-13-5-4-10-20(11-13)17(25)26-12-16(22)19-9-8-18-14-6-2-3-7-15(14)21(23)24/h2-3,6-7,13,18H,4-5,8-12H2,1H3,(H,19,22)/t13-/m1/s1. The summed E-state index contributed by atoms with van der Waals surface area (Å²) in [5.74, 6) is 0.839. The molecular weight excluding hydrogens is 372 g/mol. The normalized spacial score (nSPS) is 16.8. The quantitative estimate of drug-likeness (QED) is 0.317. The van der Waals surface area contributed by atoms with Crippen LogP contribution in [-0.4, -0.2) is 52.0 Å². The Bertz CT molecular complexity index is 657. The Morgan fingerprint density at radius 3 is 2.92 bits per heavy atom. The molecule has 1 aliphatic rings. The third-order valence-corrected chi connectivity index (χ3v) is 5.63. The highest BCUT2D eigenvalue weighted by atomic mass is 32.2. The van der Waals surface area contributed by atoms with Crippen LogP contribution in [-0.2, 0) is 4.79 Å². The van der Waals surface area contributed by atoms with E-state index in [-0.39, 0.29) is 17.3 Å². The van der Waals surface area contributed by atoms with Crippen molar-refractivity contribution in [2.45, 2.75) is 19.8 Å². The van der Waals surface area contributed by atoms with Crippen LogP contribution in [0.15, 0.2) is 24.3 Å². The SMILES string of the molecule is C[C@@H]1CCCN(C(=S)SCC(=O)NCCNc2ccccc2[N+](=O)[O-])C1. The summed E-state index contributed by atoms with van der Waals surface area (Å²) in [5, 5.41) is 16.7. The van der Waals surface area contributed by atoms with E-state index in [4.69, 9.17) is 12.2 Å². The Morgan fingerprint density at radius 2 is 2.19 bits per heavy atom. The second kappa shape index (κ2) is 10.3. The third-order valence-electron chi connectivity index (χ3n) is 4.11. The summed E-state index contributed by atoms with van der Waals surface area (Å²) in [5.41, 5.74) is 0.469. The highest BCUT2D eigenvalue weighted by Crippen LogP contribution is 2.22. The van der Waals surface area contributed by atoms with Crippen molar-refractivity contribution < 1.29 is 9.72 Å². The van der Waals surface area contributed by atoms with Crippen LogP contribution in [0.2, 0.25) is 0 Å². The van der Waals surface area contributed by atoms with Crippen LogP contribution in [0.4, 0.5) is 11.4 Å². The molecule has 1 saturated heterocycles. The number of para-hydroxylation sites is 2. The Morgan fingerprint density at radius 1 is 1.42 bits per heavy atom. The predicted molar refractivity (Wildman–Crippen MR) is 110 cm³/mol. The van der Waals surface area contributed by atoms with Gasteiger partial charge in [0.1, 0.15) is 10.0 Å². The van der Waals surface area contributed by atoms with Gasteiger partial charge in [-0.05, 0) is 24.8 Å². The van der Waals surface area contributed by atoms with E-state index in [0.29, 0.717) is 24.7 Å². The van der Waals surface area contributed by atoms with Gasteiger partial charge in [-0.15, -0.1) is 0 Å². The van der Waals surface area contributed by atoms with Crippen molar-refractivity contribution in [2.24, 2.45) is 5.92 Å². The molecule has 7 nitrogen and oxygen atoms in total. The molecule has 1 atom stereocenters. The molecule has 9 heteroatoms. The minimum atomic E-state index is -0.431. The second-order valence-electron chi connectivity index (χ2n) is 6.30. The van der Waals surface area contributed by atoms with Gasteiger partial charge in [0.25, 0.3) is 5.69 Å². The highest BCUT2D eigenvalue weighted by Gasteiger charge is 2.19. The third kappa shape index (κ3) is 6.45. The van der Waals surface area contributed by atoms with E-state index >= 15 is 0 Å². The van der Waals surface area contributed by atoms with Crippen molar-refractivity contribution in [3.05, 3.63) is 34.4 Å². The summed E-state index contributed by atoms with van der Waals surface area (Å²) in [6.45, 7) is 4.95. The number of hydrogen-bond acceptors (Lipinski definition) is 6. The van der Waals surface area contributed by atoms with E-state index in [1.54, 1.807) is 18.2 Å². The number of amides is 1. The van der Waals surface area contributed by atoms with E-state index < -0.39 is 4.92 Å². The van der Waals surface area contributed by atoms with Gasteiger partial charge in [-0.25, -0.2) is 0 Å². The van der Waals surface area contributed by atoms with Crippen LogP contribution in [0, 0.1) is 16.0 Å². The van der Waals surface area contributed by atoms with Crippen LogP contribution < -0.4 is 10.6 Å². The number of nitrogens with zero attached hydrogens (tertiary/aromatic N) is 2. The van der Waals surface area contributed by atoms with Gasteiger partial charge in [-0.3, -0.25) is 14.9 Å². The largest absolute Gasteiger partial charge is 0.378 e. The van der Waals surface area contributed by atoms with E-state index in [1.165, 1.54) is 24.2 Å². The van der Waals surface area contributed by atoms with Crippen LogP contribution in [0.5, 0.6) is 0 Å². The summed E-state index contributed by atoms with van der Waals surface area (Å²) in [7, 11) is 0. The van der Waals surface area contributed by atoms with E-state index in [1.807, 2.05) is 0 Å². The maximum atomic E-state index is 11.9. The van der Waals surface area contributed by atoms with Crippen molar-refractivity contribution >= 4 is 45.6 Å². The summed E-state index contributed by atoms with van der Waals surface area (Å²) in [4.78, 5) is 24.6. The first-order chi connectivity index (χ1) is 12.5. The predicted octanol–water partition coefficient (Wildman–Crippen LogP) is 2.87. The summed E-state index contributed by atoms with van der Waals surface area (Å²) < 4.78 is 0.782. The van der Waals surface area contributed by atoms with Crippen LogP contribution in [0.3, 0.4) is 0 Å². The van der Waals surface area contributed by atoms with Crippen LogP contribution >= 0.6 is 24.0 Å². The fraction of sp³-hybridized carbons (Fsp3) is 0.529. The zero-order valence-corrected chi connectivity index (χ0v) is 16.4. The lowest BCUT2D eigenvalue weighted by Gasteiger charge is -2.32. The first kappa shape index (κ1) is 20.4. The lowest BCUT2D eigenvalue weighted by molar-refractivity contribution is -0.384. The Balaban J connectivity index is 1.65. The number of nitrogens with one attached hydrogen (secondary N) is 2. The van der Waals surface area contributed by atoms with Gasteiger partial charge in [0, 0.05) is 32.2 Å². The molecule has 0 spiro atoms. The number of nitro groups is 1. The number of carbonyl (C=O) groups excluding carboxylic acids is 1. The average Bonchev–Trinajstić information content (AvgIpc) is 2.63. The monoisotopic (exact) mass is 396 g/mol. The van der Waals surface area contributed by atoms with Gasteiger partial charge in [-0.1, -0.05) is 43.0 Å². The fourth-order valence-electron chi connectivity index (χ4n) is 2.81. The number of thioether (sulfide) groups is 1. The number of benzene rings is 1. The number of thiocarbonyl (C=S) groups is 1. The molecular formula is C17H24N4O3S2. The van der Waals surface area contributed by atoms with E-state index in [0.717, 1.165) is 23.8 Å². The summed E-state index contributed by atoms with van der Waals surface area (Å²) in [6.07, 6.45) is 2.38. The smallest absolute Gasteiger partial charge is 0.292 e. The molecule has 1 aromatic carbocycles. The molecule has 0 unspecified atom stereocenters. The van der Waals surface area contributed by atoms with Gasteiger partial charge >= 0.3 is 0 Å². The molecule has 0 aromatic heterocycles. The molecule has 142 valence electrons. The van der Waals surface area contributed by atoms with E-state index in [2.05, 4.69) is 22.5 Å². The van der Waals surface area contributed by atoms with Crippen LogP contribution in [0.25, 0.3) is 0 Å². The topological polar surface area (TPSA) is 87.5 Å². The van der Waals surface area contributed by atoms with Gasteiger partial charge in [-0.2, -0.15) is 0 Å². The lowest BCUT2D eigenvalue weighted by atomic mass is 10.0. The molecule has 26 heavy (non-hydrogen) atoms. The number of likely N-dealkylation sites (tertiary alicyclic amines) is 1. The molecule has 1 aliphatic heterocycles. The molecule has 1 aromatic rings. The zero-order valence-electron chi connectivity index (χ0n) is 14.8. The number of nitro benzene ring substituents is 1. The average molecular weight is 397 g/mol. The molecule has 1 fully saturated rings. The molecule has 2 N–H and O–H groups in total. The maximum absolute atomic E-state index is 11.9. The van der Waals surface area contributed by atoms with Gasteiger partial charge in [0.05, 0.1) is 10.7 Å². The molecule has 0 saturated carbocycles. The zero-order chi connectivity index (χ0) is 18.9. The number of rotatable bonds is 7. The molecule has 1 heterocycles. The van der Waals surface area contributed by atoms with Gasteiger partial charge in [0.2, 0.25) is 5.91 Å². The molecule has 0 bridgehead atoms. The Hall–Kier alpha value is -1.87. The Labute approximate surface area is 163 Å². The Kier molecular flexibility index (Phi) is 8.11. The number of hydrogen-bond donors (Lipinski definition) is 2. The lowest BCUT2D eigenvalue weighted by Crippen LogP contribution is -2.37. The molecule has 2 rings (SSSR count). The maximum Gasteiger partial charge on any atom is 0.292 e. The second-order valence-corrected chi connectivity index (χ2v) is 7.91. The summed E-state index contributed by atoms with van der Waals surface area (Å²) in [6, 6.07) is 6.44. The molecule has 0 radical (unpaired) electrons. The number of piperidine rings is 1. The first-order valence-electron chi connectivity index (χ1n) is 8.63. The van der Waals surface area contributed by atoms with Crippen molar-refractivity contribution in [1.82, 2.24) is 10.2 Å². The van der Waals surface area contributed by atoms with Crippen molar-refractivity contribution in [1.29, 1.82) is 0 Å². The highest BCUT2D eigenvalue weighted by molar-refractivity contribution is 8.23. The van der Waals surface area contributed by atoms with Crippen LogP contribution in [0.1, 0.15) is 19.8 Å². The minimum Gasteiger partial charge on any atom is -0.378 e. The van der Waals surface area contributed by atoms with Crippen molar-refractivity contribution in [2.75, 3.05) is 37.2 Å². The first-order valence-corrected chi connectivity index (χ1v) is 10.0. The summed E-state index contributed by atoms with van der Waals surface area (Å²) >= 11 is 6.81. The van der Waals surface area contributed by atoms with Gasteiger partial charge < -0.3 is 15.5 Å².